The van der Waals surface area contributed by atoms with Crippen molar-refractivity contribution in [2.75, 3.05) is 13.2 Å². The standard InChI is InChI=1S/C16H26N2O4/c1-16(2,3)17-13(19)10-22-15(21)11-8-14(20)18(9-11)12-6-4-5-7-12/h11-12H,4-10H2,1-3H3,(H,17,19)/t11-/m0/s1. The van der Waals surface area contributed by atoms with Crippen LogP contribution in [0.3, 0.4) is 0 Å². The summed E-state index contributed by atoms with van der Waals surface area (Å²) in [5.74, 6) is -1.17. The van der Waals surface area contributed by atoms with Gasteiger partial charge in [0, 0.05) is 24.5 Å². The van der Waals surface area contributed by atoms with Crippen LogP contribution in [0.5, 0.6) is 0 Å². The van der Waals surface area contributed by atoms with Crippen LogP contribution in [0.1, 0.15) is 52.9 Å². The molecule has 1 N–H and O–H groups in total. The van der Waals surface area contributed by atoms with Crippen LogP contribution in [0.2, 0.25) is 0 Å². The van der Waals surface area contributed by atoms with Crippen molar-refractivity contribution < 1.29 is 19.1 Å². The van der Waals surface area contributed by atoms with E-state index >= 15 is 0 Å². The zero-order chi connectivity index (χ0) is 16.3. The van der Waals surface area contributed by atoms with Crippen LogP contribution in [0, 0.1) is 5.92 Å². The molecular weight excluding hydrogens is 284 g/mol. The minimum atomic E-state index is -0.446. The summed E-state index contributed by atoms with van der Waals surface area (Å²) in [4.78, 5) is 37.6. The molecule has 1 atom stereocenters. The first-order valence-electron chi connectivity index (χ1n) is 8.03. The van der Waals surface area contributed by atoms with Crippen LogP contribution in [0.15, 0.2) is 0 Å². The molecule has 6 heteroatoms. The lowest BCUT2D eigenvalue weighted by Crippen LogP contribution is -2.43. The van der Waals surface area contributed by atoms with E-state index in [0.717, 1.165) is 25.7 Å². The third kappa shape index (κ3) is 4.45. The fourth-order valence-electron chi connectivity index (χ4n) is 3.17. The second-order valence-electron chi connectivity index (χ2n) is 7.29. The number of carbonyl (C=O) groups excluding carboxylic acids is 3. The van der Waals surface area contributed by atoms with E-state index in [0.29, 0.717) is 6.54 Å². The third-order valence-electron chi connectivity index (χ3n) is 4.12. The van der Waals surface area contributed by atoms with Crippen molar-refractivity contribution in [2.45, 2.75) is 64.5 Å². The average molecular weight is 310 g/mol. The molecule has 2 rings (SSSR count). The van der Waals surface area contributed by atoms with Crippen molar-refractivity contribution >= 4 is 17.8 Å². The summed E-state index contributed by atoms with van der Waals surface area (Å²) < 4.78 is 5.06. The Hall–Kier alpha value is -1.59. The summed E-state index contributed by atoms with van der Waals surface area (Å²) >= 11 is 0. The van der Waals surface area contributed by atoms with E-state index in [1.165, 1.54) is 0 Å². The van der Waals surface area contributed by atoms with E-state index in [9.17, 15) is 14.4 Å². The van der Waals surface area contributed by atoms with Crippen molar-refractivity contribution in [2.24, 2.45) is 5.92 Å². The monoisotopic (exact) mass is 310 g/mol. The lowest BCUT2D eigenvalue weighted by molar-refractivity contribution is -0.152. The van der Waals surface area contributed by atoms with Crippen molar-refractivity contribution in [3.63, 3.8) is 0 Å². The molecule has 124 valence electrons. The number of ether oxygens (including phenoxy) is 1. The van der Waals surface area contributed by atoms with Crippen molar-refractivity contribution in [3.8, 4) is 0 Å². The largest absolute Gasteiger partial charge is 0.455 e. The summed E-state index contributed by atoms with van der Waals surface area (Å²) in [6.45, 7) is 5.74. The van der Waals surface area contributed by atoms with E-state index in [1.54, 1.807) is 0 Å². The van der Waals surface area contributed by atoms with Crippen LogP contribution in [0.25, 0.3) is 0 Å². The predicted molar refractivity (Wildman–Crippen MR) is 80.9 cm³/mol. The number of amides is 2. The normalized spacial score (nSPS) is 23.0. The fraction of sp³-hybridized carbons (Fsp3) is 0.812. The smallest absolute Gasteiger partial charge is 0.311 e. The summed E-state index contributed by atoms with van der Waals surface area (Å²) in [5, 5.41) is 2.73. The minimum absolute atomic E-state index is 0.0352. The SMILES string of the molecule is CC(C)(C)NC(=O)COC(=O)[C@H]1CC(=O)N(C2CCCC2)C1. The van der Waals surface area contributed by atoms with Gasteiger partial charge in [0.25, 0.3) is 5.91 Å². The highest BCUT2D eigenvalue weighted by molar-refractivity contribution is 5.88. The molecule has 0 radical (unpaired) electrons. The van der Waals surface area contributed by atoms with Gasteiger partial charge in [-0.1, -0.05) is 12.8 Å². The number of carbonyl (C=O) groups is 3. The second kappa shape index (κ2) is 6.67. The van der Waals surface area contributed by atoms with Gasteiger partial charge >= 0.3 is 5.97 Å². The molecule has 1 aliphatic heterocycles. The highest BCUT2D eigenvalue weighted by Crippen LogP contribution is 2.29. The van der Waals surface area contributed by atoms with Crippen LogP contribution in [0.4, 0.5) is 0 Å². The molecule has 1 aliphatic carbocycles. The molecule has 2 aliphatic rings. The first-order chi connectivity index (χ1) is 10.3. The number of nitrogens with zero attached hydrogens (tertiary/aromatic N) is 1. The van der Waals surface area contributed by atoms with Gasteiger partial charge < -0.3 is 15.0 Å². The molecule has 0 aromatic carbocycles. The summed E-state index contributed by atoms with van der Waals surface area (Å²) in [7, 11) is 0. The Balaban J connectivity index is 1.79. The summed E-state index contributed by atoms with van der Waals surface area (Å²) in [5.41, 5.74) is -0.355. The Morgan fingerprint density at radius 3 is 2.50 bits per heavy atom. The molecule has 0 unspecified atom stereocenters. The molecule has 1 saturated carbocycles. The molecule has 0 bridgehead atoms. The Morgan fingerprint density at radius 1 is 1.27 bits per heavy atom. The molecule has 22 heavy (non-hydrogen) atoms. The number of esters is 1. The minimum Gasteiger partial charge on any atom is -0.455 e. The first-order valence-corrected chi connectivity index (χ1v) is 8.03. The fourth-order valence-corrected chi connectivity index (χ4v) is 3.17. The Kier molecular flexibility index (Phi) is 5.08. The van der Waals surface area contributed by atoms with Gasteiger partial charge in [-0.25, -0.2) is 0 Å². The van der Waals surface area contributed by atoms with Crippen molar-refractivity contribution in [1.82, 2.24) is 10.2 Å². The number of nitrogens with one attached hydrogen (secondary N) is 1. The van der Waals surface area contributed by atoms with Gasteiger partial charge in [0.05, 0.1) is 5.92 Å². The number of rotatable bonds is 4. The Labute approximate surface area is 131 Å². The zero-order valence-corrected chi connectivity index (χ0v) is 13.7. The molecule has 2 amide bonds. The highest BCUT2D eigenvalue weighted by atomic mass is 16.5. The van der Waals surface area contributed by atoms with Crippen molar-refractivity contribution in [3.05, 3.63) is 0 Å². The lowest BCUT2D eigenvalue weighted by atomic mass is 10.1. The third-order valence-corrected chi connectivity index (χ3v) is 4.12. The number of hydrogen-bond donors (Lipinski definition) is 1. The molecule has 1 heterocycles. The van der Waals surface area contributed by atoms with E-state index < -0.39 is 11.9 Å². The first kappa shape index (κ1) is 16.8. The molecule has 0 aromatic heterocycles. The molecule has 0 aromatic rings. The molecule has 0 spiro atoms. The quantitative estimate of drug-likeness (QED) is 0.793. The van der Waals surface area contributed by atoms with Gasteiger partial charge in [0.2, 0.25) is 5.91 Å². The van der Waals surface area contributed by atoms with Gasteiger partial charge in [-0.2, -0.15) is 0 Å². The molecule has 1 saturated heterocycles. The van der Waals surface area contributed by atoms with Gasteiger partial charge in [0.1, 0.15) is 0 Å². The van der Waals surface area contributed by atoms with E-state index in [2.05, 4.69) is 5.32 Å². The van der Waals surface area contributed by atoms with E-state index in [-0.39, 0.29) is 36.4 Å². The van der Waals surface area contributed by atoms with E-state index in [1.807, 2.05) is 25.7 Å². The van der Waals surface area contributed by atoms with Crippen LogP contribution >= 0.6 is 0 Å². The Morgan fingerprint density at radius 2 is 1.91 bits per heavy atom. The van der Waals surface area contributed by atoms with Gasteiger partial charge in [-0.05, 0) is 33.6 Å². The Bertz CT molecular complexity index is 450. The average Bonchev–Trinajstić information content (AvgIpc) is 3.02. The second-order valence-corrected chi connectivity index (χ2v) is 7.29. The molecular formula is C16H26N2O4. The van der Waals surface area contributed by atoms with Crippen molar-refractivity contribution in [1.29, 1.82) is 0 Å². The van der Waals surface area contributed by atoms with Gasteiger partial charge in [0.15, 0.2) is 6.61 Å². The predicted octanol–water partition coefficient (Wildman–Crippen LogP) is 1.24. The highest BCUT2D eigenvalue weighted by Gasteiger charge is 2.39. The van der Waals surface area contributed by atoms with E-state index in [4.69, 9.17) is 4.74 Å². The maximum Gasteiger partial charge on any atom is 0.311 e. The maximum absolute atomic E-state index is 12.0. The molecule has 2 fully saturated rings. The zero-order valence-electron chi connectivity index (χ0n) is 13.7. The summed E-state index contributed by atoms with van der Waals surface area (Å²) in [6, 6.07) is 0.287. The summed E-state index contributed by atoms with van der Waals surface area (Å²) in [6.07, 6.45) is 4.56. The maximum atomic E-state index is 12.0. The number of likely N-dealkylation sites (tertiary alicyclic amines) is 1. The van der Waals surface area contributed by atoms with Crippen LogP contribution in [-0.4, -0.2) is 47.4 Å². The topological polar surface area (TPSA) is 75.7 Å². The van der Waals surface area contributed by atoms with Gasteiger partial charge in [-0.3, -0.25) is 14.4 Å². The number of hydrogen-bond acceptors (Lipinski definition) is 4. The van der Waals surface area contributed by atoms with Crippen LogP contribution < -0.4 is 5.32 Å². The molecule has 6 nitrogen and oxygen atoms in total. The lowest BCUT2D eigenvalue weighted by Gasteiger charge is -2.23. The van der Waals surface area contributed by atoms with Gasteiger partial charge in [-0.15, -0.1) is 0 Å². The van der Waals surface area contributed by atoms with Crippen LogP contribution in [-0.2, 0) is 19.1 Å².